The average molecular weight is 305 g/mol. The Kier molecular flexibility index (Phi) is 7.47. The average Bonchev–Trinajstić information content (AvgIpc) is 2.64. The molecule has 2 N–H and O–H groups in total. The molecule has 0 aromatic heterocycles. The zero-order chi connectivity index (χ0) is 15.0. The van der Waals surface area contributed by atoms with Crippen LogP contribution in [0.2, 0.25) is 0 Å². The van der Waals surface area contributed by atoms with Crippen LogP contribution in [-0.4, -0.2) is 57.7 Å². The zero-order valence-corrected chi connectivity index (χ0v) is 13.3. The van der Waals surface area contributed by atoms with Gasteiger partial charge in [-0.3, -0.25) is 4.79 Å². The van der Waals surface area contributed by atoms with E-state index in [-0.39, 0.29) is 11.9 Å². The van der Waals surface area contributed by atoms with Gasteiger partial charge in [0.05, 0.1) is 12.3 Å². The first-order valence-corrected chi connectivity index (χ1v) is 9.26. The summed E-state index contributed by atoms with van der Waals surface area (Å²) in [5, 5.41) is 3.16. The standard InChI is InChI=1S/C13H27N3O3S/c1-12(14-8-7-9-15-20(2,18)19)13(17)16-10-5-3-4-6-11-16/h12,14-15H,3-11H2,1-2H3. The van der Waals surface area contributed by atoms with Crippen molar-refractivity contribution in [3.05, 3.63) is 0 Å². The van der Waals surface area contributed by atoms with Gasteiger partial charge in [-0.2, -0.15) is 0 Å². The molecule has 1 rings (SSSR count). The lowest BCUT2D eigenvalue weighted by atomic mass is 10.2. The van der Waals surface area contributed by atoms with E-state index in [1.54, 1.807) is 0 Å². The quantitative estimate of drug-likeness (QED) is 0.663. The van der Waals surface area contributed by atoms with Crippen LogP contribution in [0.3, 0.4) is 0 Å². The van der Waals surface area contributed by atoms with E-state index in [1.165, 1.54) is 12.8 Å². The fourth-order valence-electron chi connectivity index (χ4n) is 2.32. The predicted molar refractivity (Wildman–Crippen MR) is 80.0 cm³/mol. The molecule has 1 unspecified atom stereocenters. The van der Waals surface area contributed by atoms with Crippen LogP contribution in [0, 0.1) is 0 Å². The Morgan fingerprint density at radius 2 is 1.75 bits per heavy atom. The van der Waals surface area contributed by atoms with Crippen molar-refractivity contribution < 1.29 is 13.2 Å². The highest BCUT2D eigenvalue weighted by Crippen LogP contribution is 2.10. The summed E-state index contributed by atoms with van der Waals surface area (Å²) in [7, 11) is -3.12. The summed E-state index contributed by atoms with van der Waals surface area (Å²) >= 11 is 0. The van der Waals surface area contributed by atoms with Gasteiger partial charge in [0, 0.05) is 19.6 Å². The number of hydrogen-bond acceptors (Lipinski definition) is 4. The summed E-state index contributed by atoms with van der Waals surface area (Å²) in [6.45, 7) is 4.62. The lowest BCUT2D eigenvalue weighted by molar-refractivity contribution is -0.133. The van der Waals surface area contributed by atoms with Crippen molar-refractivity contribution in [1.29, 1.82) is 0 Å². The number of carbonyl (C=O) groups excluding carboxylic acids is 1. The van der Waals surface area contributed by atoms with Gasteiger partial charge in [0.1, 0.15) is 0 Å². The van der Waals surface area contributed by atoms with Gasteiger partial charge in [0.25, 0.3) is 0 Å². The molecule has 1 atom stereocenters. The number of likely N-dealkylation sites (tertiary alicyclic amines) is 1. The molecule has 0 aliphatic carbocycles. The molecule has 1 aliphatic rings. The molecule has 7 heteroatoms. The Bertz CT molecular complexity index is 390. The highest BCUT2D eigenvalue weighted by molar-refractivity contribution is 7.88. The third kappa shape index (κ3) is 7.21. The van der Waals surface area contributed by atoms with Gasteiger partial charge < -0.3 is 10.2 Å². The van der Waals surface area contributed by atoms with Crippen LogP contribution >= 0.6 is 0 Å². The minimum Gasteiger partial charge on any atom is -0.341 e. The van der Waals surface area contributed by atoms with Crippen LogP contribution in [0.5, 0.6) is 0 Å². The minimum atomic E-state index is -3.12. The monoisotopic (exact) mass is 305 g/mol. The number of nitrogens with one attached hydrogen (secondary N) is 2. The molecule has 6 nitrogen and oxygen atoms in total. The van der Waals surface area contributed by atoms with Gasteiger partial charge in [-0.1, -0.05) is 12.8 Å². The number of sulfonamides is 1. The van der Waals surface area contributed by atoms with Crippen molar-refractivity contribution in [3.8, 4) is 0 Å². The van der Waals surface area contributed by atoms with Gasteiger partial charge in [0.15, 0.2) is 0 Å². The first-order valence-electron chi connectivity index (χ1n) is 7.37. The van der Waals surface area contributed by atoms with Gasteiger partial charge in [-0.05, 0) is 32.7 Å². The van der Waals surface area contributed by atoms with E-state index in [4.69, 9.17) is 0 Å². The number of hydrogen-bond donors (Lipinski definition) is 2. The Hall–Kier alpha value is -0.660. The van der Waals surface area contributed by atoms with E-state index in [0.717, 1.165) is 32.2 Å². The molecule has 0 radical (unpaired) electrons. The maximum Gasteiger partial charge on any atom is 0.239 e. The lowest BCUT2D eigenvalue weighted by Crippen LogP contribution is -2.45. The second-order valence-electron chi connectivity index (χ2n) is 5.44. The highest BCUT2D eigenvalue weighted by atomic mass is 32.2. The number of carbonyl (C=O) groups is 1. The molecule has 1 heterocycles. The molecule has 1 fully saturated rings. The largest absolute Gasteiger partial charge is 0.341 e. The summed E-state index contributed by atoms with van der Waals surface area (Å²) in [5.74, 6) is 0.156. The fourth-order valence-corrected chi connectivity index (χ4v) is 2.83. The molecule has 1 saturated heterocycles. The van der Waals surface area contributed by atoms with Crippen LogP contribution < -0.4 is 10.0 Å². The smallest absolute Gasteiger partial charge is 0.239 e. The molecule has 20 heavy (non-hydrogen) atoms. The molecule has 0 spiro atoms. The molecule has 1 aliphatic heterocycles. The Morgan fingerprint density at radius 3 is 2.30 bits per heavy atom. The SMILES string of the molecule is CC(NCCCNS(C)(=O)=O)C(=O)N1CCCCCC1. The number of amides is 1. The third-order valence-corrected chi connectivity index (χ3v) is 4.18. The molecule has 0 saturated carbocycles. The Balaban J connectivity index is 2.20. The topological polar surface area (TPSA) is 78.5 Å². The second-order valence-corrected chi connectivity index (χ2v) is 7.27. The molecular formula is C13H27N3O3S. The maximum atomic E-state index is 12.2. The van der Waals surface area contributed by atoms with E-state index in [0.29, 0.717) is 19.5 Å². The molecule has 0 aromatic carbocycles. The zero-order valence-electron chi connectivity index (χ0n) is 12.5. The van der Waals surface area contributed by atoms with Crippen LogP contribution in [0.25, 0.3) is 0 Å². The molecule has 0 bridgehead atoms. The first kappa shape index (κ1) is 17.4. The van der Waals surface area contributed by atoms with E-state index in [1.807, 2.05) is 11.8 Å². The summed E-state index contributed by atoms with van der Waals surface area (Å²) < 4.78 is 24.2. The van der Waals surface area contributed by atoms with E-state index in [9.17, 15) is 13.2 Å². The Labute approximate surface area is 122 Å². The van der Waals surface area contributed by atoms with Gasteiger partial charge in [-0.25, -0.2) is 13.1 Å². The van der Waals surface area contributed by atoms with Crippen molar-refractivity contribution >= 4 is 15.9 Å². The van der Waals surface area contributed by atoms with Gasteiger partial charge in [0.2, 0.25) is 15.9 Å². The van der Waals surface area contributed by atoms with E-state index < -0.39 is 10.0 Å². The summed E-state index contributed by atoms with van der Waals surface area (Å²) in [6, 6.07) is -0.202. The molecule has 118 valence electrons. The number of nitrogens with zero attached hydrogens (tertiary/aromatic N) is 1. The van der Waals surface area contributed by atoms with Crippen molar-refractivity contribution in [2.24, 2.45) is 0 Å². The van der Waals surface area contributed by atoms with Crippen LogP contribution in [0.1, 0.15) is 39.0 Å². The minimum absolute atomic E-state index is 0.156. The van der Waals surface area contributed by atoms with Gasteiger partial charge >= 0.3 is 0 Å². The van der Waals surface area contributed by atoms with Crippen LogP contribution in [-0.2, 0) is 14.8 Å². The fraction of sp³-hybridized carbons (Fsp3) is 0.923. The number of rotatable bonds is 7. The highest BCUT2D eigenvalue weighted by Gasteiger charge is 2.20. The predicted octanol–water partition coefficient (Wildman–Crippen LogP) is 0.306. The van der Waals surface area contributed by atoms with Crippen molar-refractivity contribution in [1.82, 2.24) is 14.9 Å². The van der Waals surface area contributed by atoms with Crippen molar-refractivity contribution in [2.75, 3.05) is 32.4 Å². The summed E-state index contributed by atoms with van der Waals surface area (Å²) in [4.78, 5) is 14.2. The van der Waals surface area contributed by atoms with Crippen molar-refractivity contribution in [2.45, 2.75) is 45.1 Å². The lowest BCUT2D eigenvalue weighted by Gasteiger charge is -2.24. The van der Waals surface area contributed by atoms with Gasteiger partial charge in [-0.15, -0.1) is 0 Å². The summed E-state index contributed by atoms with van der Waals surface area (Å²) in [6.07, 6.45) is 6.43. The molecule has 0 aromatic rings. The van der Waals surface area contributed by atoms with Crippen LogP contribution in [0.4, 0.5) is 0 Å². The maximum absolute atomic E-state index is 12.2. The summed E-state index contributed by atoms with van der Waals surface area (Å²) in [5.41, 5.74) is 0. The first-order chi connectivity index (χ1) is 9.40. The molecule has 1 amide bonds. The van der Waals surface area contributed by atoms with E-state index >= 15 is 0 Å². The van der Waals surface area contributed by atoms with Crippen LogP contribution in [0.15, 0.2) is 0 Å². The van der Waals surface area contributed by atoms with Crippen molar-refractivity contribution in [3.63, 3.8) is 0 Å². The third-order valence-electron chi connectivity index (χ3n) is 3.46. The molecular weight excluding hydrogens is 278 g/mol. The normalized spacial score (nSPS) is 18.6. The second kappa shape index (κ2) is 8.59. The van der Waals surface area contributed by atoms with E-state index in [2.05, 4.69) is 10.0 Å². The Morgan fingerprint density at radius 1 is 1.15 bits per heavy atom.